The Morgan fingerprint density at radius 1 is 1.70 bits per heavy atom. The molecule has 10 heavy (non-hydrogen) atoms. The standard InChI is InChI=1S/C9H9N/c1-4-9-8(2)6-5-7-10(9)3/h5-7H,2-3H3. The molecular weight excluding hydrogens is 122 g/mol. The van der Waals surface area contributed by atoms with Gasteiger partial charge in [0.05, 0.1) is 0 Å². The first-order chi connectivity index (χ1) is 4.75. The van der Waals surface area contributed by atoms with Crippen LogP contribution in [0.4, 0.5) is 0 Å². The molecule has 50 valence electrons. The fourth-order valence-corrected chi connectivity index (χ4v) is 0.935. The third-order valence-electron chi connectivity index (χ3n) is 1.50. The van der Waals surface area contributed by atoms with Crippen molar-refractivity contribution in [3.63, 3.8) is 0 Å². The van der Waals surface area contributed by atoms with Crippen molar-refractivity contribution < 1.29 is 0 Å². The van der Waals surface area contributed by atoms with E-state index >= 15 is 0 Å². The predicted molar refractivity (Wildman–Crippen MR) is 41.0 cm³/mol. The molecule has 0 atom stereocenters. The number of rotatable bonds is 0. The first-order valence-corrected chi connectivity index (χ1v) is 3.13. The Hall–Kier alpha value is -1.07. The summed E-state index contributed by atoms with van der Waals surface area (Å²) in [6.45, 7) is 1.97. The summed E-state index contributed by atoms with van der Waals surface area (Å²) in [6, 6.07) is 0.836. The van der Waals surface area contributed by atoms with Crippen molar-refractivity contribution in [3.05, 3.63) is 36.4 Å². The van der Waals surface area contributed by atoms with Crippen molar-refractivity contribution in [2.75, 3.05) is 7.05 Å². The molecule has 0 aromatic heterocycles. The first kappa shape index (κ1) is 7.04. The van der Waals surface area contributed by atoms with Gasteiger partial charge in [-0.1, -0.05) is 0 Å². The van der Waals surface area contributed by atoms with Crippen LogP contribution >= 0.6 is 0 Å². The van der Waals surface area contributed by atoms with Gasteiger partial charge in [-0.3, -0.25) is 0 Å². The van der Waals surface area contributed by atoms with Crippen LogP contribution in [0.2, 0.25) is 0 Å². The molecule has 0 bridgehead atoms. The Kier molecular flexibility index (Phi) is 1.88. The molecule has 0 saturated carbocycles. The van der Waals surface area contributed by atoms with Crippen molar-refractivity contribution >= 4 is 0 Å². The molecule has 0 fully saturated rings. The Balaban J connectivity index is 2.84. The first-order valence-electron chi connectivity index (χ1n) is 3.13. The van der Waals surface area contributed by atoms with Crippen LogP contribution in [0.5, 0.6) is 0 Å². The number of likely N-dealkylation sites (N-methyl/N-ethyl adjacent to an activating group) is 1. The summed E-state index contributed by atoms with van der Waals surface area (Å²) < 4.78 is 0. The predicted octanol–water partition coefficient (Wildman–Crippen LogP) is 1.51. The molecule has 1 nitrogen and oxygen atoms in total. The molecule has 0 aromatic rings. The number of nitrogens with zero attached hydrogens (tertiary/aromatic N) is 1. The van der Waals surface area contributed by atoms with Crippen LogP contribution in [0.3, 0.4) is 0 Å². The van der Waals surface area contributed by atoms with Crippen molar-refractivity contribution in [3.8, 4) is 5.92 Å². The summed E-state index contributed by atoms with van der Waals surface area (Å²) in [7, 11) is 1.91. The normalized spacial score (nSPS) is 17.0. The van der Waals surface area contributed by atoms with Gasteiger partial charge in [0.25, 0.3) is 0 Å². The molecule has 0 amide bonds. The number of hydrogen-bond acceptors (Lipinski definition) is 1. The van der Waals surface area contributed by atoms with E-state index in [1.807, 2.05) is 37.2 Å². The van der Waals surface area contributed by atoms with Gasteiger partial charge in [-0.2, -0.15) is 0 Å². The summed E-state index contributed by atoms with van der Waals surface area (Å²) in [4.78, 5) is 1.88. The molecule has 1 aliphatic rings. The van der Waals surface area contributed by atoms with Crippen LogP contribution in [0, 0.1) is 18.4 Å². The number of allylic oxidation sites excluding steroid dienone is 2. The zero-order chi connectivity index (χ0) is 7.56. The molecule has 1 heteroatoms. The third kappa shape index (κ3) is 1.09. The second kappa shape index (κ2) is 2.68. The molecule has 0 unspecified atom stereocenters. The van der Waals surface area contributed by atoms with E-state index in [1.165, 1.54) is 0 Å². The van der Waals surface area contributed by atoms with Gasteiger partial charge in [-0.05, 0) is 0 Å². The summed E-state index contributed by atoms with van der Waals surface area (Å²) in [5.74, 6) is 2.38. The molecule has 0 spiro atoms. The van der Waals surface area contributed by atoms with Gasteiger partial charge in [0.1, 0.15) is 0 Å². The van der Waals surface area contributed by atoms with Gasteiger partial charge in [-0.15, -0.1) is 0 Å². The van der Waals surface area contributed by atoms with Gasteiger partial charge < -0.3 is 0 Å². The molecule has 0 aromatic carbocycles. The maximum absolute atomic E-state index is 6.95. The van der Waals surface area contributed by atoms with Crippen molar-refractivity contribution in [1.29, 1.82) is 0 Å². The average molecular weight is 131 g/mol. The molecule has 1 rings (SSSR count). The topological polar surface area (TPSA) is 3.24 Å². The molecular formula is C9H9N. The molecule has 0 radical (unpaired) electrons. The molecule has 0 aliphatic carbocycles. The van der Waals surface area contributed by atoms with E-state index in [-0.39, 0.29) is 0 Å². The van der Waals surface area contributed by atoms with Gasteiger partial charge in [0, 0.05) is 0 Å². The van der Waals surface area contributed by atoms with Gasteiger partial charge in [0.2, 0.25) is 0 Å². The number of hydrogen-bond donors (Lipinski definition) is 0. The van der Waals surface area contributed by atoms with Crippen LogP contribution in [0.15, 0.2) is 23.9 Å². The fourth-order valence-electron chi connectivity index (χ4n) is 0.935. The summed E-state index contributed by atoms with van der Waals surface area (Å²) in [5.41, 5.74) is 1.08. The van der Waals surface area contributed by atoms with Gasteiger partial charge >= 0.3 is 61.2 Å². The summed E-state index contributed by atoms with van der Waals surface area (Å²) in [6.07, 6.45) is 12.8. The zero-order valence-electron chi connectivity index (χ0n) is 6.18. The van der Waals surface area contributed by atoms with E-state index in [9.17, 15) is 0 Å². The summed E-state index contributed by atoms with van der Waals surface area (Å²) in [5, 5.41) is 0. The van der Waals surface area contributed by atoms with E-state index < -0.39 is 0 Å². The second-order valence-corrected chi connectivity index (χ2v) is 2.28. The van der Waals surface area contributed by atoms with Crippen LogP contribution < -0.4 is 0 Å². The van der Waals surface area contributed by atoms with Crippen LogP contribution in [0.1, 0.15) is 6.92 Å². The monoisotopic (exact) mass is 131 g/mol. The molecule has 0 saturated heterocycles. The van der Waals surface area contributed by atoms with E-state index in [4.69, 9.17) is 6.42 Å². The maximum atomic E-state index is 6.95. The van der Waals surface area contributed by atoms with Gasteiger partial charge in [0.15, 0.2) is 0 Å². The van der Waals surface area contributed by atoms with E-state index in [0.29, 0.717) is 0 Å². The van der Waals surface area contributed by atoms with Crippen LogP contribution in [0.25, 0.3) is 0 Å². The van der Waals surface area contributed by atoms with E-state index in [2.05, 4.69) is 5.92 Å². The Bertz CT molecular complexity index is 217. The van der Waals surface area contributed by atoms with Gasteiger partial charge in [-0.25, -0.2) is 0 Å². The van der Waals surface area contributed by atoms with Crippen molar-refractivity contribution in [2.45, 2.75) is 6.92 Å². The van der Waals surface area contributed by atoms with Crippen molar-refractivity contribution in [2.24, 2.45) is 0 Å². The van der Waals surface area contributed by atoms with Crippen LogP contribution in [-0.4, -0.2) is 11.9 Å². The second-order valence-electron chi connectivity index (χ2n) is 2.28. The Labute approximate surface area is 62.0 Å². The minimum absolute atomic E-state index is 0.836. The Morgan fingerprint density at radius 2 is 2.40 bits per heavy atom. The van der Waals surface area contributed by atoms with E-state index in [1.54, 1.807) is 0 Å². The minimum atomic E-state index is 0.836. The third-order valence-corrected chi connectivity index (χ3v) is 1.50. The fraction of sp³-hybridized carbons (Fsp3) is 0.222. The molecule has 0 N–H and O–H groups in total. The Morgan fingerprint density at radius 3 is 2.80 bits per heavy atom. The SMILES string of the molecule is [C+]#C[C-]1C(C)=CC=CN1C. The quantitative estimate of drug-likeness (QED) is 0.356. The summed E-state index contributed by atoms with van der Waals surface area (Å²) >= 11 is 0. The van der Waals surface area contributed by atoms with Crippen molar-refractivity contribution in [1.82, 2.24) is 4.90 Å². The average Bonchev–Trinajstić information content (AvgIpc) is 1.88. The van der Waals surface area contributed by atoms with Crippen LogP contribution in [-0.2, 0) is 0 Å². The molecule has 1 heterocycles. The molecule has 1 aliphatic heterocycles. The van der Waals surface area contributed by atoms with E-state index in [0.717, 1.165) is 11.6 Å². The zero-order valence-corrected chi connectivity index (χ0v) is 6.18.